The van der Waals surface area contributed by atoms with Gasteiger partial charge < -0.3 is 0 Å². The zero-order valence-electron chi connectivity index (χ0n) is 12.2. The molecule has 0 saturated heterocycles. The number of hydrogen-bond acceptors (Lipinski definition) is 2. The minimum absolute atomic E-state index is 0.167. The van der Waals surface area contributed by atoms with Crippen molar-refractivity contribution in [2.24, 2.45) is 5.84 Å². The van der Waals surface area contributed by atoms with Gasteiger partial charge in [0.25, 0.3) is 0 Å². The summed E-state index contributed by atoms with van der Waals surface area (Å²) in [7, 11) is 0. The average Bonchev–Trinajstić information content (AvgIpc) is 2.39. The Morgan fingerprint density at radius 2 is 1.75 bits per heavy atom. The molecule has 2 aromatic rings. The van der Waals surface area contributed by atoms with Gasteiger partial charge in [0.15, 0.2) is 0 Å². The van der Waals surface area contributed by atoms with Gasteiger partial charge in [0.2, 0.25) is 0 Å². The Labute approximate surface area is 119 Å². The number of nitrogens with two attached hydrogens (primary N) is 1. The number of hydrazine groups is 1. The van der Waals surface area contributed by atoms with E-state index < -0.39 is 0 Å². The molecule has 0 aliphatic carbocycles. The van der Waals surface area contributed by atoms with Crippen LogP contribution in [0.3, 0.4) is 0 Å². The van der Waals surface area contributed by atoms with E-state index in [1.54, 1.807) is 6.07 Å². The third kappa shape index (κ3) is 2.89. The van der Waals surface area contributed by atoms with E-state index in [4.69, 9.17) is 5.84 Å². The topological polar surface area (TPSA) is 38.0 Å². The van der Waals surface area contributed by atoms with E-state index in [-0.39, 0.29) is 17.3 Å². The minimum Gasteiger partial charge on any atom is -0.271 e. The highest BCUT2D eigenvalue weighted by molar-refractivity contribution is 5.34. The van der Waals surface area contributed by atoms with Crippen molar-refractivity contribution < 1.29 is 4.39 Å². The van der Waals surface area contributed by atoms with Crippen LogP contribution in [0.25, 0.3) is 0 Å². The normalized spacial score (nSPS) is 13.2. The van der Waals surface area contributed by atoms with E-state index in [1.165, 1.54) is 6.07 Å². The van der Waals surface area contributed by atoms with Gasteiger partial charge >= 0.3 is 0 Å². The highest BCUT2D eigenvalue weighted by Gasteiger charge is 2.32. The third-order valence-corrected chi connectivity index (χ3v) is 3.80. The summed E-state index contributed by atoms with van der Waals surface area (Å²) in [5.41, 5.74) is 5.50. The molecule has 0 aliphatic heterocycles. The van der Waals surface area contributed by atoms with Crippen LogP contribution in [0, 0.1) is 12.7 Å². The first kappa shape index (κ1) is 14.7. The Morgan fingerprint density at radius 3 is 2.30 bits per heavy atom. The van der Waals surface area contributed by atoms with E-state index in [0.29, 0.717) is 0 Å². The summed E-state index contributed by atoms with van der Waals surface area (Å²) in [5.74, 6) is 5.52. The van der Waals surface area contributed by atoms with Crippen LogP contribution in [0.4, 0.5) is 4.39 Å². The third-order valence-electron chi connectivity index (χ3n) is 3.80. The molecule has 20 heavy (non-hydrogen) atoms. The molecule has 0 aromatic heterocycles. The van der Waals surface area contributed by atoms with Gasteiger partial charge in [-0.25, -0.2) is 4.39 Å². The molecule has 1 atom stereocenters. The molecule has 0 radical (unpaired) electrons. The maximum atomic E-state index is 13.6. The summed E-state index contributed by atoms with van der Waals surface area (Å²) in [6.45, 7) is 6.09. The molecule has 0 bridgehead atoms. The van der Waals surface area contributed by atoms with Crippen LogP contribution < -0.4 is 11.3 Å². The predicted octanol–water partition coefficient (Wildman–Crippen LogP) is 3.62. The number of halogens is 1. The molecular formula is C17H21FN2. The van der Waals surface area contributed by atoms with Crippen LogP contribution in [-0.2, 0) is 5.41 Å². The van der Waals surface area contributed by atoms with Crippen molar-refractivity contribution in [3.63, 3.8) is 0 Å². The highest BCUT2D eigenvalue weighted by Crippen LogP contribution is 2.36. The lowest BCUT2D eigenvalue weighted by Crippen LogP contribution is -2.41. The lowest BCUT2D eigenvalue weighted by molar-refractivity contribution is 0.351. The smallest absolute Gasteiger partial charge is 0.123 e. The van der Waals surface area contributed by atoms with E-state index in [9.17, 15) is 4.39 Å². The minimum atomic E-state index is -0.254. The molecular weight excluding hydrogens is 251 g/mol. The van der Waals surface area contributed by atoms with Gasteiger partial charge in [-0.3, -0.25) is 11.3 Å². The molecule has 0 saturated carbocycles. The second-order valence-corrected chi connectivity index (χ2v) is 5.75. The van der Waals surface area contributed by atoms with Gasteiger partial charge in [-0.15, -0.1) is 0 Å². The summed E-state index contributed by atoms with van der Waals surface area (Å²) in [5, 5.41) is 0. The summed E-state index contributed by atoms with van der Waals surface area (Å²) < 4.78 is 13.6. The molecule has 1 unspecified atom stereocenters. The summed E-state index contributed by atoms with van der Waals surface area (Å²) in [6, 6.07) is 15.0. The largest absolute Gasteiger partial charge is 0.271 e. The fourth-order valence-corrected chi connectivity index (χ4v) is 2.69. The number of hydrogen-bond donors (Lipinski definition) is 2. The standard InChI is InChI=1S/C17H21FN2/c1-12-9-13(11-15(18)10-12)16(20-19)17(2,3)14-7-5-4-6-8-14/h4-11,16,20H,19H2,1-3H3. The predicted molar refractivity (Wildman–Crippen MR) is 80.7 cm³/mol. The zero-order chi connectivity index (χ0) is 14.8. The van der Waals surface area contributed by atoms with Gasteiger partial charge in [-0.2, -0.15) is 0 Å². The average molecular weight is 272 g/mol. The Hall–Kier alpha value is -1.71. The summed E-state index contributed by atoms with van der Waals surface area (Å²) in [4.78, 5) is 0. The molecule has 2 aromatic carbocycles. The first-order chi connectivity index (χ1) is 9.45. The molecule has 3 N–H and O–H groups in total. The summed E-state index contributed by atoms with van der Waals surface area (Å²) in [6.07, 6.45) is 0. The Balaban J connectivity index is 2.46. The maximum Gasteiger partial charge on any atom is 0.123 e. The van der Waals surface area contributed by atoms with Gasteiger partial charge in [0.1, 0.15) is 5.82 Å². The number of nitrogens with one attached hydrogen (secondary N) is 1. The highest BCUT2D eigenvalue weighted by atomic mass is 19.1. The van der Waals surface area contributed by atoms with Crippen LogP contribution >= 0.6 is 0 Å². The van der Waals surface area contributed by atoms with E-state index >= 15 is 0 Å². The van der Waals surface area contributed by atoms with Crippen LogP contribution in [0.2, 0.25) is 0 Å². The fraction of sp³-hybridized carbons (Fsp3) is 0.294. The molecule has 0 aliphatic rings. The molecule has 0 heterocycles. The lowest BCUT2D eigenvalue weighted by Gasteiger charge is -2.35. The van der Waals surface area contributed by atoms with Crippen molar-refractivity contribution in [2.45, 2.75) is 32.2 Å². The van der Waals surface area contributed by atoms with E-state index in [0.717, 1.165) is 16.7 Å². The summed E-state index contributed by atoms with van der Waals surface area (Å²) >= 11 is 0. The molecule has 2 nitrogen and oxygen atoms in total. The molecule has 2 rings (SSSR count). The van der Waals surface area contributed by atoms with Crippen molar-refractivity contribution in [3.05, 3.63) is 71.0 Å². The van der Waals surface area contributed by atoms with E-state index in [1.807, 2.05) is 31.2 Å². The SMILES string of the molecule is Cc1cc(F)cc(C(NN)C(C)(C)c2ccccc2)c1. The molecule has 0 amide bonds. The van der Waals surface area contributed by atoms with Crippen LogP contribution in [0.1, 0.15) is 36.6 Å². The van der Waals surface area contributed by atoms with E-state index in [2.05, 4.69) is 31.4 Å². The van der Waals surface area contributed by atoms with Gasteiger partial charge in [0.05, 0.1) is 6.04 Å². The quantitative estimate of drug-likeness (QED) is 0.659. The maximum absolute atomic E-state index is 13.6. The Bertz CT molecular complexity index is 559. The van der Waals surface area contributed by atoms with Gasteiger partial charge in [-0.05, 0) is 35.7 Å². The number of benzene rings is 2. The van der Waals surface area contributed by atoms with Gasteiger partial charge in [0, 0.05) is 5.41 Å². The van der Waals surface area contributed by atoms with Crippen molar-refractivity contribution in [1.82, 2.24) is 5.43 Å². The second kappa shape index (κ2) is 5.73. The Kier molecular flexibility index (Phi) is 4.21. The van der Waals surface area contributed by atoms with Gasteiger partial charge in [-0.1, -0.05) is 50.2 Å². The second-order valence-electron chi connectivity index (χ2n) is 5.75. The first-order valence-electron chi connectivity index (χ1n) is 6.74. The van der Waals surface area contributed by atoms with Crippen LogP contribution in [0.15, 0.2) is 48.5 Å². The van der Waals surface area contributed by atoms with Crippen LogP contribution in [-0.4, -0.2) is 0 Å². The van der Waals surface area contributed by atoms with Crippen LogP contribution in [0.5, 0.6) is 0 Å². The molecule has 0 fully saturated rings. The Morgan fingerprint density at radius 1 is 1.10 bits per heavy atom. The van der Waals surface area contributed by atoms with Crippen molar-refractivity contribution in [1.29, 1.82) is 0 Å². The molecule has 0 spiro atoms. The van der Waals surface area contributed by atoms with Crippen molar-refractivity contribution >= 4 is 0 Å². The molecule has 3 heteroatoms. The fourth-order valence-electron chi connectivity index (χ4n) is 2.69. The zero-order valence-corrected chi connectivity index (χ0v) is 12.2. The molecule has 106 valence electrons. The van der Waals surface area contributed by atoms with Crippen molar-refractivity contribution in [3.8, 4) is 0 Å². The monoisotopic (exact) mass is 272 g/mol. The number of aryl methyl sites for hydroxylation is 1. The number of rotatable bonds is 4. The van der Waals surface area contributed by atoms with Crippen molar-refractivity contribution in [2.75, 3.05) is 0 Å². The lowest BCUT2D eigenvalue weighted by atomic mass is 9.75. The first-order valence-corrected chi connectivity index (χ1v) is 6.74.